The van der Waals surface area contributed by atoms with Crippen LogP contribution in [0.15, 0.2) is 29.4 Å². The van der Waals surface area contributed by atoms with Gasteiger partial charge in [0.15, 0.2) is 0 Å². The van der Waals surface area contributed by atoms with Gasteiger partial charge in [0.1, 0.15) is 17.7 Å². The number of hydrogen-bond donors (Lipinski definition) is 2. The molecule has 8 heteroatoms. The Morgan fingerprint density at radius 2 is 1.85 bits per heavy atom. The van der Waals surface area contributed by atoms with Crippen LogP contribution in [-0.4, -0.2) is 41.4 Å². The molecule has 0 radical (unpaired) electrons. The largest absolute Gasteiger partial charge is 0.444 e. The van der Waals surface area contributed by atoms with Crippen LogP contribution in [0.4, 0.5) is 16.2 Å². The maximum atomic E-state index is 12.1. The quantitative estimate of drug-likeness (QED) is 0.635. The number of nitrogens with one attached hydrogen (secondary N) is 2. The predicted molar refractivity (Wildman–Crippen MR) is 98.6 cm³/mol. The molecule has 1 aromatic rings. The molecule has 1 heterocycles. The third kappa shape index (κ3) is 5.67. The van der Waals surface area contributed by atoms with Crippen LogP contribution in [-0.2, 0) is 4.74 Å². The van der Waals surface area contributed by atoms with Gasteiger partial charge in [0.2, 0.25) is 5.71 Å². The molecular weight excluding hydrogens is 332 g/mol. The first-order valence-corrected chi connectivity index (χ1v) is 8.29. The summed E-state index contributed by atoms with van der Waals surface area (Å²) in [5, 5.41) is 24.4. The summed E-state index contributed by atoms with van der Waals surface area (Å²) in [4.78, 5) is 13.8. The number of ether oxygens (including phenoxy) is 1. The molecule has 1 aromatic carbocycles. The Labute approximate surface area is 153 Å². The minimum absolute atomic E-state index is 0.156. The molecule has 1 unspecified atom stereocenters. The van der Waals surface area contributed by atoms with Crippen molar-refractivity contribution < 1.29 is 9.53 Å². The normalized spacial score (nSPS) is 16.2. The van der Waals surface area contributed by atoms with Crippen LogP contribution in [0.2, 0.25) is 0 Å². The van der Waals surface area contributed by atoms with Crippen LogP contribution >= 0.6 is 0 Å². The van der Waals surface area contributed by atoms with Crippen LogP contribution < -0.4 is 10.7 Å². The average molecular weight is 354 g/mol. The van der Waals surface area contributed by atoms with Gasteiger partial charge in [-0.1, -0.05) is 0 Å². The van der Waals surface area contributed by atoms with E-state index in [-0.39, 0.29) is 17.8 Å². The fraction of sp³-hybridized carbons (Fsp3) is 0.444. The number of hydrazone groups is 1. The summed E-state index contributed by atoms with van der Waals surface area (Å²) in [5.74, 6) is 0. The molecule has 2 N–H and O–H groups in total. The zero-order valence-corrected chi connectivity index (χ0v) is 15.1. The predicted octanol–water partition coefficient (Wildman–Crippen LogP) is 2.92. The third-order valence-corrected chi connectivity index (χ3v) is 3.60. The Bertz CT molecular complexity index is 736. The molecule has 1 atom stereocenters. The van der Waals surface area contributed by atoms with E-state index in [0.717, 1.165) is 12.1 Å². The number of anilines is 2. The highest BCUT2D eigenvalue weighted by Crippen LogP contribution is 2.20. The van der Waals surface area contributed by atoms with E-state index in [2.05, 4.69) is 15.8 Å². The van der Waals surface area contributed by atoms with E-state index in [1.54, 1.807) is 29.2 Å². The molecule has 0 aromatic heterocycles. The van der Waals surface area contributed by atoms with Gasteiger partial charge in [0.25, 0.3) is 0 Å². The maximum absolute atomic E-state index is 12.1. The topological polar surface area (TPSA) is 114 Å². The number of benzene rings is 1. The molecule has 0 spiro atoms. The van der Waals surface area contributed by atoms with E-state index in [1.165, 1.54) is 0 Å². The second-order valence-corrected chi connectivity index (χ2v) is 6.93. The molecule has 1 fully saturated rings. The Morgan fingerprint density at radius 1 is 1.23 bits per heavy atom. The molecule has 1 saturated heterocycles. The second-order valence-electron chi connectivity index (χ2n) is 6.93. The van der Waals surface area contributed by atoms with E-state index in [0.29, 0.717) is 18.8 Å². The lowest BCUT2D eigenvalue weighted by Crippen LogP contribution is -2.36. The summed E-state index contributed by atoms with van der Waals surface area (Å²) < 4.78 is 5.39. The number of carbonyl (C=O) groups is 1. The standard InChI is InChI=1S/C18H22N6O2/c1-18(2,3)26-17(25)24-9-8-15(12-24)21-13-4-6-14(7-5-13)22-23-16(10-19)11-20/h4-7,15,21-22H,8-9,12H2,1-3H3. The Morgan fingerprint density at radius 3 is 2.42 bits per heavy atom. The highest BCUT2D eigenvalue weighted by atomic mass is 16.6. The summed E-state index contributed by atoms with van der Waals surface area (Å²) in [5.41, 5.74) is 3.51. The summed E-state index contributed by atoms with van der Waals surface area (Å²) in [6, 6.07) is 10.8. The smallest absolute Gasteiger partial charge is 0.410 e. The summed E-state index contributed by atoms with van der Waals surface area (Å²) in [6.45, 7) is 6.81. The van der Waals surface area contributed by atoms with Gasteiger partial charge < -0.3 is 15.0 Å². The van der Waals surface area contributed by atoms with Gasteiger partial charge in [-0.25, -0.2) is 4.79 Å². The van der Waals surface area contributed by atoms with Crippen LogP contribution in [0.25, 0.3) is 0 Å². The van der Waals surface area contributed by atoms with Crippen molar-refractivity contribution in [2.24, 2.45) is 5.10 Å². The van der Waals surface area contributed by atoms with Crippen molar-refractivity contribution in [3.05, 3.63) is 24.3 Å². The molecule has 2 rings (SSSR count). The second kappa shape index (κ2) is 8.21. The lowest BCUT2D eigenvalue weighted by molar-refractivity contribution is 0.0293. The van der Waals surface area contributed by atoms with Crippen molar-refractivity contribution in [1.82, 2.24) is 4.90 Å². The van der Waals surface area contributed by atoms with Crippen molar-refractivity contribution >= 4 is 23.2 Å². The molecule has 0 bridgehead atoms. The number of nitriles is 2. The fourth-order valence-electron chi connectivity index (χ4n) is 2.44. The molecule has 0 saturated carbocycles. The molecule has 136 valence electrons. The lowest BCUT2D eigenvalue weighted by Gasteiger charge is -2.24. The minimum Gasteiger partial charge on any atom is -0.444 e. The Kier molecular flexibility index (Phi) is 6.03. The minimum atomic E-state index is -0.495. The Balaban J connectivity index is 1.87. The van der Waals surface area contributed by atoms with E-state index in [4.69, 9.17) is 15.3 Å². The van der Waals surface area contributed by atoms with Gasteiger partial charge in [0.05, 0.1) is 5.69 Å². The SMILES string of the molecule is CC(C)(C)OC(=O)N1CCC(Nc2ccc(NN=C(C#N)C#N)cc2)C1. The number of carbonyl (C=O) groups excluding carboxylic acids is 1. The first-order valence-electron chi connectivity index (χ1n) is 8.29. The van der Waals surface area contributed by atoms with Gasteiger partial charge >= 0.3 is 6.09 Å². The van der Waals surface area contributed by atoms with Crippen molar-refractivity contribution in [3.8, 4) is 12.1 Å². The van der Waals surface area contributed by atoms with Crippen molar-refractivity contribution in [2.75, 3.05) is 23.8 Å². The monoisotopic (exact) mass is 354 g/mol. The summed E-state index contributed by atoms with van der Waals surface area (Å²) >= 11 is 0. The average Bonchev–Trinajstić information content (AvgIpc) is 3.04. The van der Waals surface area contributed by atoms with Crippen LogP contribution in [0.3, 0.4) is 0 Å². The molecule has 8 nitrogen and oxygen atoms in total. The molecule has 26 heavy (non-hydrogen) atoms. The molecular formula is C18H22N6O2. The highest BCUT2D eigenvalue weighted by Gasteiger charge is 2.29. The van der Waals surface area contributed by atoms with E-state index >= 15 is 0 Å². The van der Waals surface area contributed by atoms with E-state index < -0.39 is 5.60 Å². The molecule has 0 aliphatic carbocycles. The molecule has 1 aliphatic rings. The van der Waals surface area contributed by atoms with Crippen LogP contribution in [0.1, 0.15) is 27.2 Å². The number of likely N-dealkylation sites (tertiary alicyclic amines) is 1. The van der Waals surface area contributed by atoms with Crippen LogP contribution in [0.5, 0.6) is 0 Å². The first kappa shape index (κ1) is 19.1. The highest BCUT2D eigenvalue weighted by molar-refractivity contribution is 6.10. The molecule has 1 aliphatic heterocycles. The lowest BCUT2D eigenvalue weighted by atomic mass is 10.2. The van der Waals surface area contributed by atoms with Gasteiger partial charge in [-0.2, -0.15) is 15.6 Å². The zero-order valence-electron chi connectivity index (χ0n) is 15.1. The van der Waals surface area contributed by atoms with E-state index in [1.807, 2.05) is 32.9 Å². The third-order valence-electron chi connectivity index (χ3n) is 3.60. The first-order chi connectivity index (χ1) is 12.3. The molecule has 1 amide bonds. The van der Waals surface area contributed by atoms with Crippen molar-refractivity contribution in [3.63, 3.8) is 0 Å². The van der Waals surface area contributed by atoms with Gasteiger partial charge in [-0.05, 0) is 51.5 Å². The van der Waals surface area contributed by atoms with Gasteiger partial charge in [-0.15, -0.1) is 0 Å². The summed E-state index contributed by atoms with van der Waals surface area (Å²) in [6.07, 6.45) is 0.557. The number of amides is 1. The number of rotatable bonds is 4. The van der Waals surface area contributed by atoms with E-state index in [9.17, 15) is 4.79 Å². The van der Waals surface area contributed by atoms with Gasteiger partial charge in [-0.3, -0.25) is 5.43 Å². The van der Waals surface area contributed by atoms with Crippen LogP contribution in [0, 0.1) is 22.7 Å². The maximum Gasteiger partial charge on any atom is 0.410 e. The number of nitrogens with zero attached hydrogens (tertiary/aromatic N) is 4. The summed E-state index contributed by atoms with van der Waals surface area (Å²) in [7, 11) is 0. The Hall–Kier alpha value is -3.26. The number of hydrogen-bond acceptors (Lipinski definition) is 7. The van der Waals surface area contributed by atoms with Crippen molar-refractivity contribution in [1.29, 1.82) is 10.5 Å². The van der Waals surface area contributed by atoms with Crippen molar-refractivity contribution in [2.45, 2.75) is 38.8 Å². The zero-order chi connectivity index (χ0) is 19.2. The fourth-order valence-corrected chi connectivity index (χ4v) is 2.44. The van der Waals surface area contributed by atoms with Gasteiger partial charge in [0, 0.05) is 24.8 Å².